The van der Waals surface area contributed by atoms with Gasteiger partial charge in [-0.2, -0.15) is 15.0 Å². The van der Waals surface area contributed by atoms with Crippen molar-refractivity contribution in [1.82, 2.24) is 15.0 Å². The molecule has 0 saturated heterocycles. The monoisotopic (exact) mass is 285 g/mol. The Morgan fingerprint density at radius 2 is 1.74 bits per heavy atom. The maximum absolute atomic E-state index is 5.90. The van der Waals surface area contributed by atoms with Gasteiger partial charge in [-0.25, -0.2) is 0 Å². The van der Waals surface area contributed by atoms with E-state index in [-0.39, 0.29) is 5.28 Å². The standard InChI is InChI=1S/C13H24ClN5/c1-5-8-15-12-17-11(14)18-13(19-12)16-10(4)7-6-9(2)3/h9-10H,5-8H2,1-4H3,(H2,15,16,17,18,19). The second kappa shape index (κ2) is 8.15. The normalized spacial score (nSPS) is 12.5. The fourth-order valence-corrected chi connectivity index (χ4v) is 1.77. The van der Waals surface area contributed by atoms with E-state index in [0.29, 0.717) is 23.9 Å². The van der Waals surface area contributed by atoms with Gasteiger partial charge in [0.05, 0.1) is 0 Å². The Balaban J connectivity index is 2.59. The fraction of sp³-hybridized carbons (Fsp3) is 0.769. The number of hydrogen-bond acceptors (Lipinski definition) is 5. The second-order valence-corrected chi connectivity index (χ2v) is 5.53. The average Bonchev–Trinajstić information content (AvgIpc) is 2.33. The lowest BCUT2D eigenvalue weighted by atomic mass is 10.0. The van der Waals surface area contributed by atoms with Crippen molar-refractivity contribution in [3.05, 3.63) is 5.28 Å². The third-order valence-electron chi connectivity index (χ3n) is 2.69. The molecule has 1 aromatic rings. The first-order valence-corrected chi connectivity index (χ1v) is 7.31. The van der Waals surface area contributed by atoms with Gasteiger partial charge in [-0.15, -0.1) is 0 Å². The molecule has 0 aliphatic carbocycles. The third-order valence-corrected chi connectivity index (χ3v) is 2.86. The van der Waals surface area contributed by atoms with Crippen LogP contribution in [0.15, 0.2) is 0 Å². The van der Waals surface area contributed by atoms with Crippen LogP contribution in [-0.4, -0.2) is 27.5 Å². The molecule has 0 amide bonds. The summed E-state index contributed by atoms with van der Waals surface area (Å²) < 4.78 is 0. The number of rotatable bonds is 8. The van der Waals surface area contributed by atoms with Crippen LogP contribution in [0.25, 0.3) is 0 Å². The van der Waals surface area contributed by atoms with Gasteiger partial charge >= 0.3 is 0 Å². The topological polar surface area (TPSA) is 62.7 Å². The molecule has 1 heterocycles. The predicted molar refractivity (Wildman–Crippen MR) is 80.8 cm³/mol. The zero-order chi connectivity index (χ0) is 14.3. The lowest BCUT2D eigenvalue weighted by molar-refractivity contribution is 0.526. The third kappa shape index (κ3) is 6.57. The minimum atomic E-state index is 0.215. The summed E-state index contributed by atoms with van der Waals surface area (Å²) in [7, 11) is 0. The largest absolute Gasteiger partial charge is 0.354 e. The first-order chi connectivity index (χ1) is 9.01. The Bertz CT molecular complexity index is 383. The molecule has 108 valence electrons. The second-order valence-electron chi connectivity index (χ2n) is 5.20. The van der Waals surface area contributed by atoms with Crippen molar-refractivity contribution in [2.45, 2.75) is 53.0 Å². The number of nitrogens with one attached hydrogen (secondary N) is 2. The van der Waals surface area contributed by atoms with E-state index in [2.05, 4.69) is 53.3 Å². The van der Waals surface area contributed by atoms with Gasteiger partial charge in [0.25, 0.3) is 0 Å². The van der Waals surface area contributed by atoms with E-state index in [1.807, 2.05) is 0 Å². The molecular formula is C13H24ClN5. The predicted octanol–water partition coefficient (Wildman–Crippen LogP) is 3.58. The maximum atomic E-state index is 5.90. The van der Waals surface area contributed by atoms with Crippen molar-refractivity contribution in [1.29, 1.82) is 0 Å². The van der Waals surface area contributed by atoms with E-state index in [0.717, 1.165) is 19.4 Å². The molecule has 0 radical (unpaired) electrons. The van der Waals surface area contributed by atoms with Crippen LogP contribution in [0.4, 0.5) is 11.9 Å². The Kier molecular flexibility index (Phi) is 6.84. The molecule has 2 N–H and O–H groups in total. The van der Waals surface area contributed by atoms with Gasteiger partial charge in [0, 0.05) is 12.6 Å². The molecule has 0 fully saturated rings. The number of nitrogens with zero attached hydrogens (tertiary/aromatic N) is 3. The summed E-state index contributed by atoms with van der Waals surface area (Å²) in [6.07, 6.45) is 3.27. The Hall–Kier alpha value is -1.10. The Morgan fingerprint density at radius 1 is 1.05 bits per heavy atom. The van der Waals surface area contributed by atoms with Crippen LogP contribution in [0.5, 0.6) is 0 Å². The highest BCUT2D eigenvalue weighted by Gasteiger charge is 2.08. The lowest BCUT2D eigenvalue weighted by Crippen LogP contribution is -2.19. The summed E-state index contributed by atoms with van der Waals surface area (Å²) in [6, 6.07) is 0.319. The number of aromatic nitrogens is 3. The molecule has 1 atom stereocenters. The van der Waals surface area contributed by atoms with Gasteiger partial charge in [-0.3, -0.25) is 0 Å². The first-order valence-electron chi connectivity index (χ1n) is 6.93. The minimum absolute atomic E-state index is 0.215. The summed E-state index contributed by atoms with van der Waals surface area (Å²) in [5, 5.41) is 6.60. The van der Waals surface area contributed by atoms with E-state index in [1.165, 1.54) is 6.42 Å². The molecular weight excluding hydrogens is 262 g/mol. The highest BCUT2D eigenvalue weighted by Crippen LogP contribution is 2.13. The molecule has 0 spiro atoms. The maximum Gasteiger partial charge on any atom is 0.229 e. The lowest BCUT2D eigenvalue weighted by Gasteiger charge is -2.15. The molecule has 19 heavy (non-hydrogen) atoms. The highest BCUT2D eigenvalue weighted by atomic mass is 35.5. The summed E-state index contributed by atoms with van der Waals surface area (Å²) in [5.74, 6) is 1.77. The molecule has 1 aromatic heterocycles. The van der Waals surface area contributed by atoms with Crippen LogP contribution in [0.1, 0.15) is 47.0 Å². The van der Waals surface area contributed by atoms with Gasteiger partial charge in [-0.05, 0) is 43.7 Å². The van der Waals surface area contributed by atoms with Crippen molar-refractivity contribution in [3.8, 4) is 0 Å². The Labute approximate surface area is 120 Å². The smallest absolute Gasteiger partial charge is 0.229 e. The summed E-state index contributed by atoms with van der Waals surface area (Å²) in [4.78, 5) is 12.5. The fourth-order valence-electron chi connectivity index (χ4n) is 1.61. The zero-order valence-electron chi connectivity index (χ0n) is 12.2. The number of halogens is 1. The van der Waals surface area contributed by atoms with Gasteiger partial charge in [0.2, 0.25) is 17.2 Å². The highest BCUT2D eigenvalue weighted by molar-refractivity contribution is 6.28. The van der Waals surface area contributed by atoms with Crippen LogP contribution in [0, 0.1) is 5.92 Å². The van der Waals surface area contributed by atoms with E-state index >= 15 is 0 Å². The van der Waals surface area contributed by atoms with Crippen molar-refractivity contribution in [2.75, 3.05) is 17.2 Å². The van der Waals surface area contributed by atoms with E-state index in [1.54, 1.807) is 0 Å². The van der Waals surface area contributed by atoms with Crippen LogP contribution in [-0.2, 0) is 0 Å². The number of hydrogen-bond donors (Lipinski definition) is 2. The average molecular weight is 286 g/mol. The first kappa shape index (κ1) is 16.0. The van der Waals surface area contributed by atoms with Gasteiger partial charge < -0.3 is 10.6 Å². The molecule has 6 heteroatoms. The Morgan fingerprint density at radius 3 is 2.37 bits per heavy atom. The molecule has 1 unspecified atom stereocenters. The van der Waals surface area contributed by atoms with E-state index in [9.17, 15) is 0 Å². The van der Waals surface area contributed by atoms with Crippen LogP contribution < -0.4 is 10.6 Å². The van der Waals surface area contributed by atoms with Crippen molar-refractivity contribution in [3.63, 3.8) is 0 Å². The molecule has 0 aromatic carbocycles. The van der Waals surface area contributed by atoms with Crippen LogP contribution in [0.2, 0.25) is 5.28 Å². The zero-order valence-corrected chi connectivity index (χ0v) is 13.0. The van der Waals surface area contributed by atoms with Gasteiger partial charge in [-0.1, -0.05) is 20.8 Å². The van der Waals surface area contributed by atoms with Crippen molar-refractivity contribution in [2.24, 2.45) is 5.92 Å². The molecule has 5 nitrogen and oxygen atoms in total. The van der Waals surface area contributed by atoms with Crippen molar-refractivity contribution >= 4 is 23.5 Å². The summed E-state index contributed by atoms with van der Waals surface area (Å²) in [6.45, 7) is 9.48. The number of anilines is 2. The molecule has 0 saturated carbocycles. The molecule has 0 bridgehead atoms. The van der Waals surface area contributed by atoms with Crippen LogP contribution >= 0.6 is 11.6 Å². The summed E-state index contributed by atoms with van der Waals surface area (Å²) >= 11 is 5.90. The SMILES string of the molecule is CCCNc1nc(Cl)nc(NC(C)CCC(C)C)n1. The minimum Gasteiger partial charge on any atom is -0.354 e. The van der Waals surface area contributed by atoms with E-state index in [4.69, 9.17) is 11.6 Å². The quantitative estimate of drug-likeness (QED) is 0.764. The molecule has 1 rings (SSSR count). The van der Waals surface area contributed by atoms with E-state index < -0.39 is 0 Å². The van der Waals surface area contributed by atoms with Crippen LogP contribution in [0.3, 0.4) is 0 Å². The van der Waals surface area contributed by atoms with Gasteiger partial charge in [0.1, 0.15) is 0 Å². The van der Waals surface area contributed by atoms with Gasteiger partial charge in [0.15, 0.2) is 0 Å². The molecule has 0 aliphatic rings. The summed E-state index contributed by atoms with van der Waals surface area (Å²) in [5.41, 5.74) is 0. The van der Waals surface area contributed by atoms with Crippen molar-refractivity contribution < 1.29 is 0 Å². The molecule has 0 aliphatic heterocycles.